The second-order valence-electron chi connectivity index (χ2n) is 5.23. The van der Waals surface area contributed by atoms with Crippen molar-refractivity contribution < 1.29 is 0 Å². The summed E-state index contributed by atoms with van der Waals surface area (Å²) in [5.74, 6) is 3.72. The van der Waals surface area contributed by atoms with E-state index in [2.05, 4.69) is 41.5 Å². The van der Waals surface area contributed by atoms with Crippen LogP contribution in [0, 0.1) is 5.92 Å². The molecule has 1 nitrogen and oxygen atoms in total. The summed E-state index contributed by atoms with van der Waals surface area (Å²) in [6.07, 6.45) is 6.69. The Kier molecular flexibility index (Phi) is 6.60. The van der Waals surface area contributed by atoms with Gasteiger partial charge in [-0.15, -0.1) is 11.3 Å². The van der Waals surface area contributed by atoms with Gasteiger partial charge >= 0.3 is 0 Å². The Balaban J connectivity index is 1.83. The first-order valence-corrected chi connectivity index (χ1v) is 9.25. The summed E-state index contributed by atoms with van der Waals surface area (Å²) in [7, 11) is 0. The third-order valence-corrected chi connectivity index (χ3v) is 5.62. The lowest BCUT2D eigenvalue weighted by Gasteiger charge is -2.27. The molecular formula is C15H25NS2. The Hall–Kier alpha value is 0.01000. The number of hydrogen-bond acceptors (Lipinski definition) is 3. The fraction of sp³-hybridized carbons (Fsp3) is 0.733. The maximum Gasteiger partial charge on any atom is 0.0118 e. The molecule has 0 aromatic carbocycles. The fourth-order valence-corrected chi connectivity index (χ4v) is 4.63. The number of nitrogens with one attached hydrogen (secondary N) is 1. The van der Waals surface area contributed by atoms with Crippen molar-refractivity contribution in [1.82, 2.24) is 5.32 Å². The standard InChI is InChI=1S/C15H25NS2/c1-2-7-16-14(12-15-4-3-8-18-15)11-13-5-9-17-10-6-13/h3-4,8,13-14,16H,2,5-7,9-12H2,1H3. The molecule has 1 aliphatic rings. The second-order valence-corrected chi connectivity index (χ2v) is 7.48. The van der Waals surface area contributed by atoms with Crippen molar-refractivity contribution in [2.24, 2.45) is 5.92 Å². The topological polar surface area (TPSA) is 12.0 Å². The lowest BCUT2D eigenvalue weighted by Crippen LogP contribution is -2.34. The molecule has 0 bridgehead atoms. The van der Waals surface area contributed by atoms with Crippen molar-refractivity contribution in [1.29, 1.82) is 0 Å². The van der Waals surface area contributed by atoms with Crippen molar-refractivity contribution in [2.45, 2.75) is 45.1 Å². The monoisotopic (exact) mass is 283 g/mol. The number of thioether (sulfide) groups is 1. The molecule has 18 heavy (non-hydrogen) atoms. The van der Waals surface area contributed by atoms with Crippen LogP contribution in [0.5, 0.6) is 0 Å². The Morgan fingerprint density at radius 1 is 1.39 bits per heavy atom. The van der Waals surface area contributed by atoms with Crippen molar-refractivity contribution >= 4 is 23.1 Å². The normalized spacial score (nSPS) is 18.9. The van der Waals surface area contributed by atoms with E-state index in [0.717, 1.165) is 12.5 Å². The van der Waals surface area contributed by atoms with Gasteiger partial charge in [0.05, 0.1) is 0 Å². The van der Waals surface area contributed by atoms with E-state index < -0.39 is 0 Å². The molecule has 1 aliphatic heterocycles. The molecule has 0 aliphatic carbocycles. The van der Waals surface area contributed by atoms with Crippen molar-refractivity contribution in [2.75, 3.05) is 18.1 Å². The Labute approximate surface area is 120 Å². The summed E-state index contributed by atoms with van der Waals surface area (Å²) in [5, 5.41) is 5.95. The Bertz CT molecular complexity index is 304. The maximum absolute atomic E-state index is 3.75. The number of hydrogen-bond donors (Lipinski definition) is 1. The largest absolute Gasteiger partial charge is 0.314 e. The average Bonchev–Trinajstić information content (AvgIpc) is 2.90. The highest BCUT2D eigenvalue weighted by Gasteiger charge is 2.19. The molecule has 1 fully saturated rings. The summed E-state index contributed by atoms with van der Waals surface area (Å²) in [4.78, 5) is 1.54. The minimum absolute atomic E-state index is 0.691. The third kappa shape index (κ3) is 4.94. The molecule has 0 amide bonds. The first kappa shape index (κ1) is 14.4. The molecule has 1 atom stereocenters. The summed E-state index contributed by atoms with van der Waals surface area (Å²) >= 11 is 4.03. The Morgan fingerprint density at radius 2 is 2.22 bits per heavy atom. The van der Waals surface area contributed by atoms with Gasteiger partial charge in [-0.3, -0.25) is 0 Å². The van der Waals surface area contributed by atoms with E-state index >= 15 is 0 Å². The van der Waals surface area contributed by atoms with Crippen molar-refractivity contribution in [3.63, 3.8) is 0 Å². The number of rotatable bonds is 7. The van der Waals surface area contributed by atoms with E-state index in [0.29, 0.717) is 6.04 Å². The lowest BCUT2D eigenvalue weighted by atomic mass is 9.92. The SMILES string of the molecule is CCCNC(Cc1cccs1)CC1CCSCC1. The summed E-state index contributed by atoms with van der Waals surface area (Å²) in [6, 6.07) is 5.15. The quantitative estimate of drug-likeness (QED) is 0.805. The van der Waals surface area contributed by atoms with E-state index in [1.54, 1.807) is 0 Å². The third-order valence-electron chi connectivity index (χ3n) is 3.67. The molecule has 1 aromatic heterocycles. The van der Waals surface area contributed by atoms with Gasteiger partial charge in [0.15, 0.2) is 0 Å². The maximum atomic E-state index is 3.75. The molecule has 102 valence electrons. The van der Waals surface area contributed by atoms with Gasteiger partial charge in [0.1, 0.15) is 0 Å². The summed E-state index contributed by atoms with van der Waals surface area (Å²) < 4.78 is 0. The zero-order valence-electron chi connectivity index (χ0n) is 11.4. The highest BCUT2D eigenvalue weighted by Crippen LogP contribution is 2.27. The molecule has 0 spiro atoms. The molecule has 0 saturated carbocycles. The van der Waals surface area contributed by atoms with Crippen LogP contribution in [0.15, 0.2) is 17.5 Å². The van der Waals surface area contributed by atoms with Crippen LogP contribution >= 0.6 is 23.1 Å². The van der Waals surface area contributed by atoms with Gasteiger partial charge < -0.3 is 5.32 Å². The van der Waals surface area contributed by atoms with Gasteiger partial charge in [-0.05, 0) is 67.5 Å². The minimum Gasteiger partial charge on any atom is -0.314 e. The minimum atomic E-state index is 0.691. The highest BCUT2D eigenvalue weighted by molar-refractivity contribution is 7.99. The van der Waals surface area contributed by atoms with Crippen LogP contribution in [0.1, 0.15) is 37.5 Å². The van der Waals surface area contributed by atoms with E-state index in [1.807, 2.05) is 11.3 Å². The second kappa shape index (κ2) is 8.23. The molecular weight excluding hydrogens is 258 g/mol. The summed E-state index contributed by atoms with van der Waals surface area (Å²) in [5.41, 5.74) is 0. The van der Waals surface area contributed by atoms with Crippen LogP contribution in [-0.2, 0) is 6.42 Å². The molecule has 1 aromatic rings. The van der Waals surface area contributed by atoms with Gasteiger partial charge in [0.2, 0.25) is 0 Å². The van der Waals surface area contributed by atoms with Crippen LogP contribution in [-0.4, -0.2) is 24.1 Å². The van der Waals surface area contributed by atoms with E-state index in [-0.39, 0.29) is 0 Å². The van der Waals surface area contributed by atoms with Crippen molar-refractivity contribution in [3.8, 4) is 0 Å². The number of thiophene rings is 1. The van der Waals surface area contributed by atoms with E-state index in [1.165, 1.54) is 48.5 Å². The van der Waals surface area contributed by atoms with E-state index in [4.69, 9.17) is 0 Å². The Morgan fingerprint density at radius 3 is 2.89 bits per heavy atom. The highest BCUT2D eigenvalue weighted by atomic mass is 32.2. The van der Waals surface area contributed by atoms with Gasteiger partial charge in [0, 0.05) is 10.9 Å². The van der Waals surface area contributed by atoms with E-state index in [9.17, 15) is 0 Å². The molecule has 1 unspecified atom stereocenters. The predicted molar refractivity (Wildman–Crippen MR) is 84.8 cm³/mol. The van der Waals surface area contributed by atoms with Crippen LogP contribution < -0.4 is 5.32 Å². The molecule has 3 heteroatoms. The van der Waals surface area contributed by atoms with Crippen LogP contribution in [0.3, 0.4) is 0 Å². The molecule has 1 N–H and O–H groups in total. The molecule has 2 rings (SSSR count). The zero-order chi connectivity index (χ0) is 12.6. The predicted octanol–water partition coefficient (Wildman–Crippen LogP) is 4.19. The van der Waals surface area contributed by atoms with Crippen LogP contribution in [0.25, 0.3) is 0 Å². The van der Waals surface area contributed by atoms with Crippen LogP contribution in [0.4, 0.5) is 0 Å². The summed E-state index contributed by atoms with van der Waals surface area (Å²) in [6.45, 7) is 3.42. The van der Waals surface area contributed by atoms with Gasteiger partial charge in [-0.2, -0.15) is 11.8 Å². The smallest absolute Gasteiger partial charge is 0.0118 e. The molecule has 2 heterocycles. The van der Waals surface area contributed by atoms with Gasteiger partial charge in [-0.25, -0.2) is 0 Å². The molecule has 0 radical (unpaired) electrons. The average molecular weight is 284 g/mol. The van der Waals surface area contributed by atoms with Gasteiger partial charge in [0.25, 0.3) is 0 Å². The van der Waals surface area contributed by atoms with Crippen LogP contribution in [0.2, 0.25) is 0 Å². The first-order chi connectivity index (χ1) is 8.88. The fourth-order valence-electron chi connectivity index (χ4n) is 2.64. The van der Waals surface area contributed by atoms with Gasteiger partial charge in [-0.1, -0.05) is 13.0 Å². The zero-order valence-corrected chi connectivity index (χ0v) is 13.0. The molecule has 1 saturated heterocycles. The first-order valence-electron chi connectivity index (χ1n) is 7.22. The lowest BCUT2D eigenvalue weighted by molar-refractivity contribution is 0.363. The van der Waals surface area contributed by atoms with Crippen molar-refractivity contribution in [3.05, 3.63) is 22.4 Å².